The summed E-state index contributed by atoms with van der Waals surface area (Å²) >= 11 is 6.27. The van der Waals surface area contributed by atoms with Crippen molar-refractivity contribution >= 4 is 34.1 Å². The molecule has 4 heterocycles. The minimum atomic E-state index is -2.80. The second-order valence-electron chi connectivity index (χ2n) is 9.94. The third kappa shape index (κ3) is 4.21. The Morgan fingerprint density at radius 3 is 2.75 bits per heavy atom. The first kappa shape index (κ1) is 23.9. The van der Waals surface area contributed by atoms with Gasteiger partial charge in [-0.05, 0) is 43.1 Å². The van der Waals surface area contributed by atoms with E-state index in [0.717, 1.165) is 21.2 Å². The molecule has 1 aliphatic carbocycles. The fourth-order valence-corrected chi connectivity index (χ4v) is 5.62. The Balaban J connectivity index is 1.22. The number of halogens is 4. The van der Waals surface area contributed by atoms with E-state index in [1.54, 1.807) is 6.20 Å². The van der Waals surface area contributed by atoms with Crippen LogP contribution in [0.5, 0.6) is 0 Å². The molecule has 3 fully saturated rings. The first-order chi connectivity index (χ1) is 17.2. The molecule has 192 valence electrons. The van der Waals surface area contributed by atoms with Crippen LogP contribution in [0.2, 0.25) is 5.15 Å². The summed E-state index contributed by atoms with van der Waals surface area (Å²) in [5.41, 5.74) is 2.83. The zero-order chi connectivity index (χ0) is 25.2. The van der Waals surface area contributed by atoms with Crippen molar-refractivity contribution in [2.45, 2.75) is 56.0 Å². The number of aromatic nitrogens is 4. The first-order valence-electron chi connectivity index (χ1n) is 12.0. The molecule has 6 rings (SSSR count). The standard InChI is InChI=1S/C24H26ClF3N6O2/c1-12-4-13-7-29-23(32-18-8-30-34(22(18)25)21-6-24(21,27)28)31-17(13)5-15(12)14-2-3-33(9-16(14)26)19-10-36-11-20(19)35/h4-5,7-8,14,16,19-21,35H,2-3,6,9-11H2,1H3,(H,29,31,32)/t14-,16+,19?,20-,21?/m0/s1. The fourth-order valence-electron chi connectivity index (χ4n) is 5.36. The maximum atomic E-state index is 15.4. The Morgan fingerprint density at radius 2 is 2.06 bits per heavy atom. The highest BCUT2D eigenvalue weighted by Crippen LogP contribution is 2.53. The van der Waals surface area contributed by atoms with Gasteiger partial charge >= 0.3 is 0 Å². The molecule has 5 atom stereocenters. The van der Waals surface area contributed by atoms with Crippen LogP contribution in [0, 0.1) is 6.92 Å². The molecular weight excluding hydrogens is 497 g/mol. The Labute approximate surface area is 210 Å². The number of hydrogen-bond acceptors (Lipinski definition) is 7. The Hall–Kier alpha value is -2.47. The molecule has 2 aliphatic heterocycles. The maximum absolute atomic E-state index is 15.4. The van der Waals surface area contributed by atoms with E-state index in [0.29, 0.717) is 37.4 Å². The monoisotopic (exact) mass is 522 g/mol. The number of aryl methyl sites for hydroxylation is 1. The van der Waals surface area contributed by atoms with Gasteiger partial charge in [0.1, 0.15) is 12.2 Å². The molecule has 0 amide bonds. The summed E-state index contributed by atoms with van der Waals surface area (Å²) < 4.78 is 48.7. The van der Waals surface area contributed by atoms with Crippen molar-refractivity contribution in [3.63, 3.8) is 0 Å². The quantitative estimate of drug-likeness (QED) is 0.523. The molecule has 2 N–H and O–H groups in total. The van der Waals surface area contributed by atoms with Gasteiger partial charge in [-0.1, -0.05) is 11.6 Å². The van der Waals surface area contributed by atoms with Gasteiger partial charge in [-0.3, -0.25) is 4.90 Å². The van der Waals surface area contributed by atoms with Crippen LogP contribution in [-0.2, 0) is 4.74 Å². The number of aliphatic hydroxyl groups excluding tert-OH is 1. The van der Waals surface area contributed by atoms with Crippen molar-refractivity contribution in [2.24, 2.45) is 0 Å². The zero-order valence-corrected chi connectivity index (χ0v) is 20.3. The number of nitrogens with one attached hydrogen (secondary N) is 1. The number of hydrogen-bond donors (Lipinski definition) is 2. The van der Waals surface area contributed by atoms with Crippen LogP contribution >= 0.6 is 11.6 Å². The third-order valence-corrected chi connectivity index (χ3v) is 7.88. The molecule has 2 aromatic heterocycles. The van der Waals surface area contributed by atoms with Crippen molar-refractivity contribution in [3.05, 3.63) is 40.8 Å². The minimum absolute atomic E-state index is 0.0651. The van der Waals surface area contributed by atoms with E-state index in [9.17, 15) is 13.9 Å². The number of nitrogens with zero attached hydrogens (tertiary/aromatic N) is 5. The molecule has 3 aliphatic rings. The van der Waals surface area contributed by atoms with E-state index >= 15 is 4.39 Å². The summed E-state index contributed by atoms with van der Waals surface area (Å²) in [5, 5.41) is 17.9. The van der Waals surface area contributed by atoms with Gasteiger partial charge in [0.15, 0.2) is 5.15 Å². The Bertz CT molecular complexity index is 1310. The second kappa shape index (κ2) is 8.83. The van der Waals surface area contributed by atoms with Crippen LogP contribution in [0.3, 0.4) is 0 Å². The summed E-state index contributed by atoms with van der Waals surface area (Å²) in [4.78, 5) is 10.9. The normalized spacial score (nSPS) is 30.1. The van der Waals surface area contributed by atoms with Gasteiger partial charge in [0.2, 0.25) is 5.95 Å². The van der Waals surface area contributed by atoms with Crippen LogP contribution in [0.25, 0.3) is 10.9 Å². The molecule has 12 heteroatoms. The van der Waals surface area contributed by atoms with E-state index in [1.807, 2.05) is 24.0 Å². The Morgan fingerprint density at radius 1 is 1.25 bits per heavy atom. The number of ether oxygens (including phenoxy) is 1. The SMILES string of the molecule is Cc1cc2cnc(Nc3cnn(C4CC4(F)F)c3Cl)nc2cc1[C@@H]1CCN(C2COC[C@@H]2O)C[C@H]1F. The third-order valence-electron chi connectivity index (χ3n) is 7.50. The topological polar surface area (TPSA) is 88.3 Å². The molecule has 1 saturated carbocycles. The lowest BCUT2D eigenvalue weighted by molar-refractivity contribution is 0.0352. The predicted molar refractivity (Wildman–Crippen MR) is 128 cm³/mol. The molecule has 0 radical (unpaired) electrons. The molecular formula is C24H26ClF3N6O2. The van der Waals surface area contributed by atoms with E-state index < -0.39 is 24.2 Å². The van der Waals surface area contributed by atoms with Gasteiger partial charge in [-0.25, -0.2) is 27.8 Å². The number of fused-ring (bicyclic) bond motifs is 1. The van der Waals surface area contributed by atoms with Crippen molar-refractivity contribution < 1.29 is 23.0 Å². The highest BCUT2D eigenvalue weighted by molar-refractivity contribution is 6.32. The summed E-state index contributed by atoms with van der Waals surface area (Å²) in [6.07, 6.45) is 1.69. The number of likely N-dealkylation sites (tertiary alicyclic amines) is 1. The summed E-state index contributed by atoms with van der Waals surface area (Å²) in [6, 6.07) is 2.65. The summed E-state index contributed by atoms with van der Waals surface area (Å²) in [7, 11) is 0. The van der Waals surface area contributed by atoms with Gasteiger partial charge in [-0.2, -0.15) is 5.10 Å². The average molecular weight is 523 g/mol. The van der Waals surface area contributed by atoms with Crippen molar-refractivity contribution in [2.75, 3.05) is 31.6 Å². The van der Waals surface area contributed by atoms with Crippen molar-refractivity contribution in [3.8, 4) is 0 Å². The van der Waals surface area contributed by atoms with Crippen LogP contribution in [-0.4, -0.2) is 80.3 Å². The number of rotatable bonds is 5. The minimum Gasteiger partial charge on any atom is -0.389 e. The average Bonchev–Trinajstić information content (AvgIpc) is 3.12. The van der Waals surface area contributed by atoms with Gasteiger partial charge < -0.3 is 15.2 Å². The summed E-state index contributed by atoms with van der Waals surface area (Å²) in [5.74, 6) is -2.84. The largest absolute Gasteiger partial charge is 0.389 e. The van der Waals surface area contributed by atoms with Crippen LogP contribution in [0.4, 0.5) is 24.8 Å². The predicted octanol–water partition coefficient (Wildman–Crippen LogP) is 4.00. The van der Waals surface area contributed by atoms with E-state index in [2.05, 4.69) is 20.4 Å². The molecule has 1 aromatic carbocycles. The number of alkyl halides is 3. The molecule has 3 aromatic rings. The Kier molecular flexibility index (Phi) is 5.86. The summed E-state index contributed by atoms with van der Waals surface area (Å²) in [6.45, 7) is 3.59. The lowest BCUT2D eigenvalue weighted by atomic mass is 9.84. The number of anilines is 2. The fraction of sp³-hybridized carbons (Fsp3) is 0.542. The zero-order valence-electron chi connectivity index (χ0n) is 19.5. The molecule has 0 spiro atoms. The van der Waals surface area contributed by atoms with E-state index in [1.165, 1.54) is 6.20 Å². The highest BCUT2D eigenvalue weighted by Gasteiger charge is 2.59. The number of benzene rings is 1. The molecule has 2 saturated heterocycles. The van der Waals surface area contributed by atoms with Crippen LogP contribution < -0.4 is 5.32 Å². The lowest BCUT2D eigenvalue weighted by Gasteiger charge is -2.39. The van der Waals surface area contributed by atoms with E-state index in [-0.39, 0.29) is 36.0 Å². The van der Waals surface area contributed by atoms with E-state index in [4.69, 9.17) is 16.3 Å². The maximum Gasteiger partial charge on any atom is 0.272 e. The molecule has 8 nitrogen and oxygen atoms in total. The highest BCUT2D eigenvalue weighted by atomic mass is 35.5. The molecule has 2 unspecified atom stereocenters. The lowest BCUT2D eigenvalue weighted by Crippen LogP contribution is -2.50. The first-order valence-corrected chi connectivity index (χ1v) is 12.4. The van der Waals surface area contributed by atoms with Crippen molar-refractivity contribution in [1.29, 1.82) is 0 Å². The van der Waals surface area contributed by atoms with Gasteiger partial charge in [0, 0.05) is 30.5 Å². The molecule has 0 bridgehead atoms. The van der Waals surface area contributed by atoms with Gasteiger partial charge in [-0.15, -0.1) is 0 Å². The van der Waals surface area contributed by atoms with Crippen molar-refractivity contribution in [1.82, 2.24) is 24.6 Å². The number of aliphatic hydroxyl groups is 1. The van der Waals surface area contributed by atoms with Crippen LogP contribution in [0.15, 0.2) is 24.5 Å². The van der Waals surface area contributed by atoms with Gasteiger partial charge in [0.05, 0.1) is 42.8 Å². The second-order valence-corrected chi connectivity index (χ2v) is 10.3. The van der Waals surface area contributed by atoms with Crippen LogP contribution in [0.1, 0.15) is 35.9 Å². The smallest absolute Gasteiger partial charge is 0.272 e. The number of piperidine rings is 1. The van der Waals surface area contributed by atoms with Gasteiger partial charge in [0.25, 0.3) is 5.92 Å². The molecule has 36 heavy (non-hydrogen) atoms.